The summed E-state index contributed by atoms with van der Waals surface area (Å²) >= 11 is 0. The normalized spacial score (nSPS) is 33.6. The first kappa shape index (κ1) is 17.7. The smallest absolute Gasteiger partial charge is 0.227 e. The van der Waals surface area contributed by atoms with Crippen molar-refractivity contribution in [3.8, 4) is 0 Å². The summed E-state index contributed by atoms with van der Waals surface area (Å²) in [6.07, 6.45) is 0.246. The molecule has 3 heterocycles. The molecule has 0 unspecified atom stereocenters. The number of morpholine rings is 1. The van der Waals surface area contributed by atoms with Gasteiger partial charge in [0.1, 0.15) is 5.82 Å². The molecule has 6 nitrogen and oxygen atoms in total. The second kappa shape index (κ2) is 6.20. The van der Waals surface area contributed by atoms with Crippen molar-refractivity contribution in [2.75, 3.05) is 34.4 Å². The summed E-state index contributed by atoms with van der Waals surface area (Å²) in [6, 6.07) is 4.38. The quantitative estimate of drug-likeness (QED) is 0.777. The lowest BCUT2D eigenvalue weighted by atomic mass is 10.0. The van der Waals surface area contributed by atoms with Crippen molar-refractivity contribution in [3.05, 3.63) is 24.0 Å². The first-order chi connectivity index (χ1) is 12.2. The van der Waals surface area contributed by atoms with Crippen LogP contribution >= 0.6 is 0 Å². The van der Waals surface area contributed by atoms with Crippen molar-refractivity contribution in [2.45, 2.75) is 38.5 Å². The van der Waals surface area contributed by atoms with Crippen LogP contribution in [0.1, 0.15) is 20.3 Å². The monoisotopic (exact) mass is 382 g/mol. The number of sulfone groups is 1. The van der Waals surface area contributed by atoms with Gasteiger partial charge in [-0.25, -0.2) is 12.8 Å². The van der Waals surface area contributed by atoms with Gasteiger partial charge in [0.15, 0.2) is 9.84 Å². The third-order valence-electron chi connectivity index (χ3n) is 5.44. The number of nitrogens with zero attached hydrogens (tertiary/aromatic N) is 2. The summed E-state index contributed by atoms with van der Waals surface area (Å²) in [4.78, 5) is 15.8. The predicted molar refractivity (Wildman–Crippen MR) is 96.7 cm³/mol. The topological polar surface area (TPSA) is 66.9 Å². The lowest BCUT2D eigenvalue weighted by Gasteiger charge is -2.37. The fourth-order valence-electron chi connectivity index (χ4n) is 4.50. The SMILES string of the molecule is C[C@@H]1CN(c2ccc(N3C(=O)C[C@@H]4CS(=O)(=O)C[C@@H]43)cc2F)C[C@H](C)O1. The van der Waals surface area contributed by atoms with Crippen LogP contribution in [0.2, 0.25) is 0 Å². The van der Waals surface area contributed by atoms with Gasteiger partial charge in [-0.2, -0.15) is 0 Å². The molecule has 3 saturated heterocycles. The number of hydrogen-bond donors (Lipinski definition) is 0. The number of halogens is 1. The fraction of sp³-hybridized carbons (Fsp3) is 0.611. The van der Waals surface area contributed by atoms with E-state index in [1.54, 1.807) is 12.1 Å². The third-order valence-corrected chi connectivity index (χ3v) is 7.23. The van der Waals surface area contributed by atoms with Crippen LogP contribution in [0.25, 0.3) is 0 Å². The minimum atomic E-state index is -3.13. The van der Waals surface area contributed by atoms with E-state index in [1.807, 2.05) is 18.7 Å². The second-order valence-electron chi connectivity index (χ2n) is 7.67. The van der Waals surface area contributed by atoms with Gasteiger partial charge in [0.2, 0.25) is 5.91 Å². The molecule has 3 fully saturated rings. The zero-order valence-electron chi connectivity index (χ0n) is 14.9. The molecule has 8 heteroatoms. The molecule has 26 heavy (non-hydrogen) atoms. The molecule has 4 atom stereocenters. The van der Waals surface area contributed by atoms with E-state index in [9.17, 15) is 17.6 Å². The molecule has 3 aliphatic rings. The number of fused-ring (bicyclic) bond motifs is 1. The van der Waals surface area contributed by atoms with Crippen molar-refractivity contribution in [1.29, 1.82) is 0 Å². The van der Waals surface area contributed by atoms with Crippen LogP contribution < -0.4 is 9.80 Å². The number of ether oxygens (including phenoxy) is 1. The van der Waals surface area contributed by atoms with Gasteiger partial charge in [0, 0.05) is 31.1 Å². The molecule has 3 aliphatic heterocycles. The predicted octanol–water partition coefficient (Wildman–Crippen LogP) is 1.59. The lowest BCUT2D eigenvalue weighted by Crippen LogP contribution is -2.45. The highest BCUT2D eigenvalue weighted by Crippen LogP contribution is 2.38. The van der Waals surface area contributed by atoms with Gasteiger partial charge >= 0.3 is 0 Å². The summed E-state index contributed by atoms with van der Waals surface area (Å²) < 4.78 is 44.3. The van der Waals surface area contributed by atoms with Crippen LogP contribution in [0.3, 0.4) is 0 Å². The Morgan fingerprint density at radius 1 is 1.15 bits per heavy atom. The average molecular weight is 382 g/mol. The maximum absolute atomic E-state index is 14.8. The number of amides is 1. The Balaban J connectivity index is 1.61. The minimum absolute atomic E-state index is 0.0161. The van der Waals surface area contributed by atoms with Crippen LogP contribution in [0.4, 0.5) is 15.8 Å². The zero-order chi connectivity index (χ0) is 18.6. The summed E-state index contributed by atoms with van der Waals surface area (Å²) in [7, 11) is -3.13. The Morgan fingerprint density at radius 3 is 2.50 bits per heavy atom. The molecule has 0 saturated carbocycles. The molecule has 1 aromatic carbocycles. The van der Waals surface area contributed by atoms with Crippen molar-refractivity contribution in [2.24, 2.45) is 5.92 Å². The molecule has 0 aromatic heterocycles. The lowest BCUT2D eigenvalue weighted by molar-refractivity contribution is -0.117. The molecule has 4 rings (SSSR count). The van der Waals surface area contributed by atoms with Crippen LogP contribution in [-0.4, -0.2) is 57.2 Å². The number of benzene rings is 1. The van der Waals surface area contributed by atoms with Gasteiger partial charge in [0.05, 0.1) is 35.4 Å². The van der Waals surface area contributed by atoms with E-state index in [0.717, 1.165) is 0 Å². The molecule has 142 valence electrons. The number of carbonyl (C=O) groups is 1. The Hall–Kier alpha value is -1.67. The number of hydrogen-bond acceptors (Lipinski definition) is 5. The molecule has 0 bridgehead atoms. The van der Waals surface area contributed by atoms with E-state index in [0.29, 0.717) is 24.5 Å². The Kier molecular flexibility index (Phi) is 4.23. The van der Waals surface area contributed by atoms with Crippen LogP contribution in [-0.2, 0) is 19.4 Å². The molecule has 1 amide bonds. The summed E-state index contributed by atoms with van der Waals surface area (Å²) in [5.74, 6) is -0.706. The standard InChI is InChI=1S/C18H23FN2O4S/c1-11-7-20(8-12(2)25-11)16-4-3-14(6-15(16)19)21-17-10-26(23,24)9-13(17)5-18(21)22/h3-4,6,11-13,17H,5,7-10H2,1-2H3/t11-,12+,13-,17+/m1/s1. The van der Waals surface area contributed by atoms with E-state index in [2.05, 4.69) is 0 Å². The van der Waals surface area contributed by atoms with E-state index >= 15 is 0 Å². The number of rotatable bonds is 2. The molecule has 0 aliphatic carbocycles. The van der Waals surface area contributed by atoms with E-state index < -0.39 is 15.7 Å². The minimum Gasteiger partial charge on any atom is -0.372 e. The van der Waals surface area contributed by atoms with Crippen molar-refractivity contribution < 1.29 is 22.3 Å². The zero-order valence-corrected chi connectivity index (χ0v) is 15.7. The molecule has 0 spiro atoms. The van der Waals surface area contributed by atoms with Crippen LogP contribution in [0, 0.1) is 11.7 Å². The van der Waals surface area contributed by atoms with E-state index in [4.69, 9.17) is 4.74 Å². The first-order valence-corrected chi connectivity index (χ1v) is 10.8. The number of anilines is 2. The average Bonchev–Trinajstić information content (AvgIpc) is 2.95. The van der Waals surface area contributed by atoms with Crippen LogP contribution in [0.15, 0.2) is 18.2 Å². The van der Waals surface area contributed by atoms with Gasteiger partial charge in [-0.05, 0) is 32.0 Å². The molecule has 1 aromatic rings. The van der Waals surface area contributed by atoms with Crippen molar-refractivity contribution >= 4 is 27.1 Å². The van der Waals surface area contributed by atoms with Gasteiger partial charge in [-0.3, -0.25) is 4.79 Å². The summed E-state index contributed by atoms with van der Waals surface area (Å²) in [6.45, 7) is 5.12. The Morgan fingerprint density at radius 2 is 1.85 bits per heavy atom. The highest BCUT2D eigenvalue weighted by molar-refractivity contribution is 7.91. The highest BCUT2D eigenvalue weighted by Gasteiger charge is 2.49. The molecule has 0 radical (unpaired) electrons. The van der Waals surface area contributed by atoms with Gasteiger partial charge in [0.25, 0.3) is 0 Å². The summed E-state index contributed by atoms with van der Waals surface area (Å²) in [5.41, 5.74) is 0.924. The number of carbonyl (C=O) groups excluding carboxylic acids is 1. The van der Waals surface area contributed by atoms with E-state index in [1.165, 1.54) is 11.0 Å². The first-order valence-electron chi connectivity index (χ1n) is 8.96. The third kappa shape index (κ3) is 3.09. The second-order valence-corrected chi connectivity index (χ2v) is 9.82. The van der Waals surface area contributed by atoms with Crippen molar-refractivity contribution in [3.63, 3.8) is 0 Å². The van der Waals surface area contributed by atoms with Crippen molar-refractivity contribution in [1.82, 2.24) is 0 Å². The molecular formula is C18H23FN2O4S. The van der Waals surface area contributed by atoms with Gasteiger partial charge < -0.3 is 14.5 Å². The molecular weight excluding hydrogens is 359 g/mol. The fourth-order valence-corrected chi connectivity index (χ4v) is 6.57. The molecule has 0 N–H and O–H groups in total. The maximum atomic E-state index is 14.8. The van der Waals surface area contributed by atoms with Crippen LogP contribution in [0.5, 0.6) is 0 Å². The van der Waals surface area contributed by atoms with Gasteiger partial charge in [-0.15, -0.1) is 0 Å². The van der Waals surface area contributed by atoms with E-state index in [-0.39, 0.29) is 48.0 Å². The Labute approximate surface area is 152 Å². The highest BCUT2D eigenvalue weighted by atomic mass is 32.2. The largest absolute Gasteiger partial charge is 0.372 e. The van der Waals surface area contributed by atoms with Gasteiger partial charge in [-0.1, -0.05) is 0 Å². The summed E-state index contributed by atoms with van der Waals surface area (Å²) in [5, 5.41) is 0. The Bertz CT molecular complexity index is 834. The maximum Gasteiger partial charge on any atom is 0.227 e.